The van der Waals surface area contributed by atoms with Crippen LogP contribution in [0.3, 0.4) is 0 Å². The molecule has 3 heterocycles. The van der Waals surface area contributed by atoms with Crippen LogP contribution in [0.15, 0.2) is 48.8 Å². The van der Waals surface area contributed by atoms with E-state index in [-0.39, 0.29) is 17.3 Å². The molecule has 0 radical (unpaired) electrons. The highest BCUT2D eigenvalue weighted by Crippen LogP contribution is 2.36. The molecule has 1 aliphatic heterocycles. The van der Waals surface area contributed by atoms with Gasteiger partial charge >= 0.3 is 0 Å². The van der Waals surface area contributed by atoms with E-state index >= 15 is 4.39 Å². The van der Waals surface area contributed by atoms with Gasteiger partial charge in [-0.25, -0.2) is 9.37 Å². The summed E-state index contributed by atoms with van der Waals surface area (Å²) >= 11 is 0. The second-order valence-electron chi connectivity index (χ2n) is 8.65. The van der Waals surface area contributed by atoms with E-state index < -0.39 is 5.82 Å². The van der Waals surface area contributed by atoms with Crippen LogP contribution in [0.2, 0.25) is 0 Å². The third-order valence-corrected chi connectivity index (χ3v) is 6.37. The molecule has 0 atom stereocenters. The summed E-state index contributed by atoms with van der Waals surface area (Å²) < 4.78 is 20.9. The number of hydrogen-bond acceptors (Lipinski definition) is 7. The molecule has 2 aromatic carbocycles. The summed E-state index contributed by atoms with van der Waals surface area (Å²) in [5, 5.41) is 6.20. The number of aromatic amines is 1. The molecule has 36 heavy (non-hydrogen) atoms. The monoisotopic (exact) mass is 489 g/mol. The van der Waals surface area contributed by atoms with Crippen LogP contribution >= 0.6 is 0 Å². The van der Waals surface area contributed by atoms with Crippen molar-refractivity contribution in [1.82, 2.24) is 19.9 Å². The molecular weight excluding hydrogens is 461 g/mol. The van der Waals surface area contributed by atoms with Gasteiger partial charge in [0.2, 0.25) is 12.3 Å². The van der Waals surface area contributed by atoms with Crippen molar-refractivity contribution < 1.29 is 13.9 Å². The van der Waals surface area contributed by atoms with Crippen molar-refractivity contribution in [2.75, 3.05) is 48.3 Å². The average Bonchev–Trinajstić information content (AvgIpc) is 3.29. The summed E-state index contributed by atoms with van der Waals surface area (Å²) in [4.78, 5) is 27.6. The standard InChI is InChI=1S/C26H28FN7O2/c1-3-33-10-12-34(13-11-33)19-6-4-18(5-7-19)32-25-24(30-16-35)26(29-15-28-25)36-22-9-8-21-20(23(22)27)14-17(2)31-21/h4-9,14-16,31H,3,10-13H2,1-2H3,(H,30,35)(H,28,29,32). The number of aromatic nitrogens is 3. The Balaban J connectivity index is 1.36. The maximum Gasteiger partial charge on any atom is 0.248 e. The Kier molecular flexibility index (Phi) is 6.68. The number of piperazine rings is 1. The van der Waals surface area contributed by atoms with Gasteiger partial charge in [-0.05, 0) is 55.9 Å². The predicted octanol–water partition coefficient (Wildman–Crippen LogP) is 4.65. The van der Waals surface area contributed by atoms with Crippen molar-refractivity contribution >= 4 is 40.2 Å². The fourth-order valence-electron chi connectivity index (χ4n) is 4.42. The number of benzene rings is 2. The lowest BCUT2D eigenvalue weighted by atomic mass is 10.2. The van der Waals surface area contributed by atoms with Crippen molar-refractivity contribution in [1.29, 1.82) is 0 Å². The molecule has 186 valence electrons. The number of rotatable bonds is 8. The molecule has 0 unspecified atom stereocenters. The first-order valence-electron chi connectivity index (χ1n) is 11.9. The molecule has 0 saturated carbocycles. The Morgan fingerprint density at radius 3 is 2.61 bits per heavy atom. The molecule has 10 heteroatoms. The number of carbonyl (C=O) groups excluding carboxylic acids is 1. The lowest BCUT2D eigenvalue weighted by Crippen LogP contribution is -2.46. The minimum absolute atomic E-state index is 0.00683. The Morgan fingerprint density at radius 1 is 1.11 bits per heavy atom. The number of fused-ring (bicyclic) bond motifs is 1. The predicted molar refractivity (Wildman–Crippen MR) is 139 cm³/mol. The van der Waals surface area contributed by atoms with Gasteiger partial charge in [-0.15, -0.1) is 0 Å². The topological polar surface area (TPSA) is 98.4 Å². The lowest BCUT2D eigenvalue weighted by Gasteiger charge is -2.35. The third-order valence-electron chi connectivity index (χ3n) is 6.37. The Bertz CT molecular complexity index is 1360. The zero-order valence-electron chi connectivity index (χ0n) is 20.2. The number of halogens is 1. The number of anilines is 4. The van der Waals surface area contributed by atoms with Crippen molar-refractivity contribution in [3.05, 3.63) is 60.3 Å². The summed E-state index contributed by atoms with van der Waals surface area (Å²) in [6, 6.07) is 13.0. The maximum absolute atomic E-state index is 15.1. The zero-order valence-corrected chi connectivity index (χ0v) is 20.2. The van der Waals surface area contributed by atoms with Crippen LogP contribution in [0.5, 0.6) is 11.6 Å². The molecular formula is C26H28FN7O2. The van der Waals surface area contributed by atoms with Crippen molar-refractivity contribution in [2.45, 2.75) is 13.8 Å². The summed E-state index contributed by atoms with van der Waals surface area (Å²) in [6.45, 7) is 9.21. The van der Waals surface area contributed by atoms with Crippen molar-refractivity contribution in [3.8, 4) is 11.6 Å². The van der Waals surface area contributed by atoms with E-state index in [0.29, 0.717) is 23.1 Å². The molecule has 3 N–H and O–H groups in total. The van der Waals surface area contributed by atoms with Gasteiger partial charge in [0.15, 0.2) is 17.4 Å². The maximum atomic E-state index is 15.1. The minimum Gasteiger partial charge on any atom is -0.434 e. The summed E-state index contributed by atoms with van der Waals surface area (Å²) in [6.07, 6.45) is 1.80. The van der Waals surface area contributed by atoms with Gasteiger partial charge in [0.25, 0.3) is 0 Å². The van der Waals surface area contributed by atoms with E-state index in [9.17, 15) is 4.79 Å². The second kappa shape index (κ2) is 10.2. The highest BCUT2D eigenvalue weighted by Gasteiger charge is 2.18. The average molecular weight is 490 g/mol. The van der Waals surface area contributed by atoms with E-state index in [1.807, 2.05) is 19.1 Å². The summed E-state index contributed by atoms with van der Waals surface area (Å²) in [5.41, 5.74) is 3.65. The number of nitrogens with one attached hydrogen (secondary N) is 3. The smallest absolute Gasteiger partial charge is 0.248 e. The third kappa shape index (κ3) is 4.80. The fourth-order valence-corrected chi connectivity index (χ4v) is 4.42. The number of nitrogens with zero attached hydrogens (tertiary/aromatic N) is 4. The van der Waals surface area contributed by atoms with E-state index in [1.165, 1.54) is 12.4 Å². The van der Waals surface area contributed by atoms with Gasteiger partial charge in [-0.2, -0.15) is 4.98 Å². The molecule has 0 aliphatic carbocycles. The van der Waals surface area contributed by atoms with E-state index in [2.05, 4.69) is 54.4 Å². The van der Waals surface area contributed by atoms with Gasteiger partial charge < -0.3 is 30.2 Å². The van der Waals surface area contributed by atoms with Gasteiger partial charge in [0.05, 0.1) is 0 Å². The number of carbonyl (C=O) groups is 1. The van der Waals surface area contributed by atoms with Crippen molar-refractivity contribution in [2.24, 2.45) is 0 Å². The molecule has 1 saturated heterocycles. The lowest BCUT2D eigenvalue weighted by molar-refractivity contribution is -0.105. The molecule has 0 bridgehead atoms. The minimum atomic E-state index is -0.516. The van der Waals surface area contributed by atoms with Gasteiger partial charge in [0, 0.05) is 54.2 Å². The zero-order chi connectivity index (χ0) is 25.1. The van der Waals surface area contributed by atoms with Gasteiger partial charge in [-0.3, -0.25) is 4.79 Å². The number of H-pyrrole nitrogens is 1. The molecule has 1 amide bonds. The van der Waals surface area contributed by atoms with E-state index in [1.54, 1.807) is 12.1 Å². The van der Waals surface area contributed by atoms with Crippen LogP contribution < -0.4 is 20.3 Å². The summed E-state index contributed by atoms with van der Waals surface area (Å²) in [7, 11) is 0. The number of amides is 1. The fraction of sp³-hybridized carbons (Fsp3) is 0.269. The molecule has 2 aromatic heterocycles. The van der Waals surface area contributed by atoms with Gasteiger partial charge in [-0.1, -0.05) is 6.92 Å². The molecule has 1 fully saturated rings. The first-order valence-corrected chi connectivity index (χ1v) is 11.9. The Morgan fingerprint density at radius 2 is 1.89 bits per heavy atom. The van der Waals surface area contributed by atoms with Crippen LogP contribution in [-0.4, -0.2) is 59.0 Å². The number of hydrogen-bond donors (Lipinski definition) is 3. The van der Waals surface area contributed by atoms with Crippen LogP contribution in [0.25, 0.3) is 10.9 Å². The van der Waals surface area contributed by atoms with Crippen LogP contribution in [0.1, 0.15) is 12.6 Å². The largest absolute Gasteiger partial charge is 0.434 e. The highest BCUT2D eigenvalue weighted by atomic mass is 19.1. The molecule has 4 aromatic rings. The van der Waals surface area contributed by atoms with E-state index in [4.69, 9.17) is 4.74 Å². The molecule has 9 nitrogen and oxygen atoms in total. The van der Waals surface area contributed by atoms with Crippen molar-refractivity contribution in [3.63, 3.8) is 0 Å². The molecule has 1 aliphatic rings. The first kappa shape index (κ1) is 23.6. The SMILES string of the molecule is CCN1CCN(c2ccc(Nc3ncnc(Oc4ccc5[nH]c(C)cc5c4F)c3NC=O)cc2)CC1. The Labute approximate surface area is 208 Å². The first-order chi connectivity index (χ1) is 17.6. The Hall–Kier alpha value is -4.18. The summed E-state index contributed by atoms with van der Waals surface area (Å²) in [5.74, 6) is -0.170. The second-order valence-corrected chi connectivity index (χ2v) is 8.65. The van der Waals surface area contributed by atoms with Crippen LogP contribution in [0.4, 0.5) is 27.3 Å². The van der Waals surface area contributed by atoms with Crippen LogP contribution in [-0.2, 0) is 4.79 Å². The highest BCUT2D eigenvalue weighted by molar-refractivity contribution is 5.85. The number of aryl methyl sites for hydroxylation is 1. The van der Waals surface area contributed by atoms with Crippen LogP contribution in [0, 0.1) is 12.7 Å². The quantitative estimate of drug-likeness (QED) is 0.310. The van der Waals surface area contributed by atoms with Gasteiger partial charge in [0.1, 0.15) is 12.0 Å². The van der Waals surface area contributed by atoms with E-state index in [0.717, 1.165) is 49.8 Å². The molecule has 0 spiro atoms. The molecule has 5 rings (SSSR count). The normalized spacial score (nSPS) is 14.1. The number of likely N-dealkylation sites (N-methyl/N-ethyl adjacent to an activating group) is 1. The number of ether oxygens (including phenoxy) is 1.